The molecule has 2 fully saturated rings. The van der Waals surface area contributed by atoms with E-state index in [0.717, 1.165) is 16.0 Å². The van der Waals surface area contributed by atoms with Gasteiger partial charge in [0.15, 0.2) is 0 Å². The van der Waals surface area contributed by atoms with E-state index < -0.39 is 17.4 Å². The van der Waals surface area contributed by atoms with Crippen LogP contribution in [0.3, 0.4) is 0 Å². The average molecular weight is 360 g/mol. The summed E-state index contributed by atoms with van der Waals surface area (Å²) in [5.74, 6) is -0.660. The molecule has 1 amide bonds. The van der Waals surface area contributed by atoms with E-state index in [1.165, 1.54) is 4.88 Å². The summed E-state index contributed by atoms with van der Waals surface area (Å²) in [6.45, 7) is 3.42. The van der Waals surface area contributed by atoms with Crippen molar-refractivity contribution < 1.29 is 14.7 Å². The number of rotatable bonds is 2. The molecule has 0 aromatic carbocycles. The Bertz CT molecular complexity index is 857. The fourth-order valence-electron chi connectivity index (χ4n) is 4.31. The SMILES string of the molecule is Cc1cc2c(N3CCC4(CC3)C(C(=O)O)CC(=O)N4C)ncnc2s1. The lowest BCUT2D eigenvalue weighted by Gasteiger charge is -2.45. The van der Waals surface area contributed by atoms with Crippen molar-refractivity contribution in [2.75, 3.05) is 25.0 Å². The zero-order chi connectivity index (χ0) is 17.8. The van der Waals surface area contributed by atoms with Gasteiger partial charge >= 0.3 is 5.97 Å². The highest BCUT2D eigenvalue weighted by Gasteiger charge is 2.55. The van der Waals surface area contributed by atoms with E-state index in [1.54, 1.807) is 29.6 Å². The number of aryl methyl sites for hydroxylation is 1. The first-order valence-electron chi connectivity index (χ1n) is 8.38. The molecule has 0 aliphatic carbocycles. The van der Waals surface area contributed by atoms with Gasteiger partial charge in [0.1, 0.15) is 17.0 Å². The molecule has 2 aromatic heterocycles. The topological polar surface area (TPSA) is 86.6 Å². The van der Waals surface area contributed by atoms with Crippen LogP contribution in [0.25, 0.3) is 10.2 Å². The van der Waals surface area contributed by atoms with E-state index in [1.807, 2.05) is 0 Å². The minimum atomic E-state index is -0.871. The zero-order valence-corrected chi connectivity index (χ0v) is 15.0. The number of nitrogens with zero attached hydrogens (tertiary/aromatic N) is 4. The standard InChI is InChI=1S/C17H20N4O3S/c1-10-7-11-14(18-9-19-15(11)25-10)21-5-3-17(4-6-21)12(16(23)24)8-13(22)20(17)2/h7,9,12H,3-6,8H2,1-2H3,(H,23,24). The molecule has 1 N–H and O–H groups in total. The van der Waals surface area contributed by atoms with E-state index in [0.29, 0.717) is 25.9 Å². The van der Waals surface area contributed by atoms with Crippen molar-refractivity contribution in [3.63, 3.8) is 0 Å². The molecule has 1 atom stereocenters. The molecule has 8 heteroatoms. The van der Waals surface area contributed by atoms with Crippen LogP contribution in [-0.2, 0) is 9.59 Å². The van der Waals surface area contributed by atoms with Gasteiger partial charge in [0.05, 0.1) is 16.8 Å². The van der Waals surface area contributed by atoms with Crippen molar-refractivity contribution in [2.24, 2.45) is 5.92 Å². The van der Waals surface area contributed by atoms with Crippen molar-refractivity contribution in [3.8, 4) is 0 Å². The quantitative estimate of drug-likeness (QED) is 0.880. The van der Waals surface area contributed by atoms with Crippen LogP contribution in [0.4, 0.5) is 5.82 Å². The normalized spacial score (nSPS) is 23.0. The maximum absolute atomic E-state index is 12.1. The smallest absolute Gasteiger partial charge is 0.309 e. The van der Waals surface area contributed by atoms with Crippen LogP contribution in [0, 0.1) is 12.8 Å². The molecule has 1 unspecified atom stereocenters. The molecule has 1 spiro atoms. The predicted octanol–water partition coefficient (Wildman–Crippen LogP) is 1.90. The van der Waals surface area contributed by atoms with Gasteiger partial charge in [0.25, 0.3) is 0 Å². The van der Waals surface area contributed by atoms with Gasteiger partial charge in [-0.3, -0.25) is 9.59 Å². The Morgan fingerprint density at radius 2 is 2.08 bits per heavy atom. The second-order valence-corrected chi connectivity index (χ2v) is 8.15. The number of anilines is 1. The highest BCUT2D eigenvalue weighted by atomic mass is 32.1. The number of thiophene rings is 1. The summed E-state index contributed by atoms with van der Waals surface area (Å²) in [6.07, 6.45) is 2.97. The molecule has 132 valence electrons. The molecule has 2 saturated heterocycles. The van der Waals surface area contributed by atoms with Gasteiger partial charge in [0, 0.05) is 31.4 Å². The molecule has 2 aromatic rings. The molecule has 0 radical (unpaired) electrons. The first kappa shape index (κ1) is 16.3. The van der Waals surface area contributed by atoms with Gasteiger partial charge < -0.3 is 14.9 Å². The fourth-order valence-corrected chi connectivity index (χ4v) is 5.15. The summed E-state index contributed by atoms with van der Waals surface area (Å²) in [5.41, 5.74) is -0.573. The number of carboxylic acid groups (broad SMARTS) is 1. The Labute approximate surface area is 149 Å². The largest absolute Gasteiger partial charge is 0.481 e. The van der Waals surface area contributed by atoms with E-state index in [2.05, 4.69) is 27.9 Å². The van der Waals surface area contributed by atoms with Crippen molar-refractivity contribution >= 4 is 39.2 Å². The zero-order valence-electron chi connectivity index (χ0n) is 14.2. The Morgan fingerprint density at radius 1 is 1.36 bits per heavy atom. The number of aliphatic carboxylic acids is 1. The van der Waals surface area contributed by atoms with Crippen LogP contribution in [0.15, 0.2) is 12.4 Å². The van der Waals surface area contributed by atoms with Crippen LogP contribution in [0.1, 0.15) is 24.1 Å². The summed E-state index contributed by atoms with van der Waals surface area (Å²) in [4.78, 5) is 38.6. The van der Waals surface area contributed by atoms with Crippen molar-refractivity contribution in [1.82, 2.24) is 14.9 Å². The minimum absolute atomic E-state index is 0.0706. The highest BCUT2D eigenvalue weighted by molar-refractivity contribution is 7.18. The molecule has 2 aliphatic heterocycles. The summed E-state index contributed by atoms with van der Waals surface area (Å²) in [7, 11) is 1.74. The maximum atomic E-state index is 12.1. The van der Waals surface area contributed by atoms with Crippen molar-refractivity contribution in [2.45, 2.75) is 31.7 Å². The van der Waals surface area contributed by atoms with Gasteiger partial charge in [-0.1, -0.05) is 0 Å². The highest BCUT2D eigenvalue weighted by Crippen LogP contribution is 2.44. The Balaban J connectivity index is 1.62. The number of fused-ring (bicyclic) bond motifs is 1. The minimum Gasteiger partial charge on any atom is -0.481 e. The number of hydrogen-bond acceptors (Lipinski definition) is 6. The molecular weight excluding hydrogens is 340 g/mol. The van der Waals surface area contributed by atoms with Crippen LogP contribution in [0.2, 0.25) is 0 Å². The lowest BCUT2D eigenvalue weighted by molar-refractivity contribution is -0.145. The van der Waals surface area contributed by atoms with Crippen LogP contribution in [-0.4, -0.2) is 57.5 Å². The Kier molecular flexibility index (Phi) is 3.68. The van der Waals surface area contributed by atoms with Crippen LogP contribution >= 0.6 is 11.3 Å². The first-order valence-corrected chi connectivity index (χ1v) is 9.19. The summed E-state index contributed by atoms with van der Waals surface area (Å²) < 4.78 is 0. The molecule has 2 aliphatic rings. The molecular formula is C17H20N4O3S. The summed E-state index contributed by atoms with van der Waals surface area (Å²) in [5, 5.41) is 10.6. The summed E-state index contributed by atoms with van der Waals surface area (Å²) in [6, 6.07) is 2.10. The number of likely N-dealkylation sites (tertiary alicyclic amines) is 1. The van der Waals surface area contributed by atoms with E-state index in [4.69, 9.17) is 0 Å². The Morgan fingerprint density at radius 3 is 2.76 bits per heavy atom. The van der Waals surface area contributed by atoms with Crippen LogP contribution in [0.5, 0.6) is 0 Å². The molecule has 7 nitrogen and oxygen atoms in total. The second kappa shape index (κ2) is 5.66. The number of carboxylic acids is 1. The molecule has 4 heterocycles. The van der Waals surface area contributed by atoms with Crippen molar-refractivity contribution in [3.05, 3.63) is 17.3 Å². The number of amides is 1. The molecule has 4 rings (SSSR count). The first-order chi connectivity index (χ1) is 11.9. The maximum Gasteiger partial charge on any atom is 0.309 e. The lowest BCUT2D eigenvalue weighted by Crippen LogP contribution is -2.56. The third-order valence-corrected chi connectivity index (χ3v) is 6.69. The van der Waals surface area contributed by atoms with Gasteiger partial charge in [0.2, 0.25) is 5.91 Å². The van der Waals surface area contributed by atoms with Gasteiger partial charge in [-0.05, 0) is 25.8 Å². The third-order valence-electron chi connectivity index (χ3n) is 5.73. The number of carbonyl (C=O) groups excluding carboxylic acids is 1. The molecule has 0 bridgehead atoms. The Hall–Kier alpha value is -2.22. The molecule has 25 heavy (non-hydrogen) atoms. The van der Waals surface area contributed by atoms with E-state index >= 15 is 0 Å². The predicted molar refractivity (Wildman–Crippen MR) is 94.8 cm³/mol. The number of hydrogen-bond donors (Lipinski definition) is 1. The lowest BCUT2D eigenvalue weighted by atomic mass is 9.77. The summed E-state index contributed by atoms with van der Waals surface area (Å²) >= 11 is 1.65. The third kappa shape index (κ3) is 2.38. The van der Waals surface area contributed by atoms with E-state index in [-0.39, 0.29) is 12.3 Å². The monoisotopic (exact) mass is 360 g/mol. The second-order valence-electron chi connectivity index (χ2n) is 6.91. The molecule has 0 saturated carbocycles. The van der Waals surface area contributed by atoms with Gasteiger partial charge in [-0.15, -0.1) is 11.3 Å². The average Bonchev–Trinajstić information content (AvgIpc) is 3.08. The van der Waals surface area contributed by atoms with Gasteiger partial charge in [-0.25, -0.2) is 9.97 Å². The number of carbonyl (C=O) groups is 2. The van der Waals surface area contributed by atoms with E-state index in [9.17, 15) is 14.7 Å². The number of aromatic nitrogens is 2. The van der Waals surface area contributed by atoms with Crippen molar-refractivity contribution in [1.29, 1.82) is 0 Å². The van der Waals surface area contributed by atoms with Gasteiger partial charge in [-0.2, -0.15) is 0 Å². The number of piperidine rings is 1. The fraction of sp³-hybridized carbons (Fsp3) is 0.529. The van der Waals surface area contributed by atoms with Crippen LogP contribution < -0.4 is 4.90 Å².